The topological polar surface area (TPSA) is 47.4 Å². The molecule has 0 N–H and O–H groups in total. The molecule has 1 fully saturated rings. The van der Waals surface area contributed by atoms with Crippen LogP contribution >= 0.6 is 0 Å². The van der Waals surface area contributed by atoms with Gasteiger partial charge >= 0.3 is 0 Å². The largest absolute Gasteiger partial charge is 0.377 e. The van der Waals surface area contributed by atoms with Crippen LogP contribution in [-0.2, 0) is 23.0 Å². The molecule has 1 aromatic heterocycles. The normalized spacial score (nSPS) is 18.0. The van der Waals surface area contributed by atoms with Gasteiger partial charge in [-0.3, -0.25) is 9.48 Å². The quantitative estimate of drug-likeness (QED) is 0.867. The van der Waals surface area contributed by atoms with Crippen LogP contribution in [0, 0.1) is 19.7 Å². The highest BCUT2D eigenvalue weighted by Gasteiger charge is 2.32. The molecule has 6 heteroatoms. The molecule has 1 amide bonds. The number of amides is 1. The van der Waals surface area contributed by atoms with Crippen LogP contribution in [0.3, 0.4) is 0 Å². The number of halogens is 1. The first-order valence-electron chi connectivity index (χ1n) is 8.09. The Balaban J connectivity index is 1.87. The summed E-state index contributed by atoms with van der Waals surface area (Å²) < 4.78 is 21.3. The Morgan fingerprint density at radius 1 is 1.38 bits per heavy atom. The number of rotatable bonds is 3. The summed E-state index contributed by atoms with van der Waals surface area (Å²) in [4.78, 5) is 14.6. The maximum Gasteiger partial charge on any atom is 0.227 e. The van der Waals surface area contributed by atoms with Gasteiger partial charge in [-0.2, -0.15) is 5.10 Å². The minimum atomic E-state index is -0.343. The fraction of sp³-hybridized carbons (Fsp3) is 0.444. The van der Waals surface area contributed by atoms with Gasteiger partial charge in [0, 0.05) is 24.8 Å². The highest BCUT2D eigenvalue weighted by atomic mass is 19.1. The molecule has 0 spiro atoms. The molecule has 0 bridgehead atoms. The fourth-order valence-corrected chi connectivity index (χ4v) is 3.32. The summed E-state index contributed by atoms with van der Waals surface area (Å²) in [6.07, 6.45) is 0.0571. The minimum Gasteiger partial charge on any atom is -0.377 e. The molecule has 1 saturated heterocycles. The second kappa shape index (κ2) is 6.73. The van der Waals surface area contributed by atoms with Crippen molar-refractivity contribution in [3.05, 3.63) is 52.6 Å². The SMILES string of the molecule is Cc1nn(C)c(C)c1C1COCCN1C(=O)Cc1ccccc1F. The van der Waals surface area contributed by atoms with Crippen molar-refractivity contribution >= 4 is 5.91 Å². The van der Waals surface area contributed by atoms with Crippen LogP contribution in [0.25, 0.3) is 0 Å². The average molecular weight is 331 g/mol. The van der Waals surface area contributed by atoms with E-state index >= 15 is 0 Å². The maximum atomic E-state index is 13.9. The van der Waals surface area contributed by atoms with Crippen molar-refractivity contribution in [3.8, 4) is 0 Å². The third-order valence-electron chi connectivity index (χ3n) is 4.65. The van der Waals surface area contributed by atoms with E-state index in [9.17, 15) is 9.18 Å². The Kier molecular flexibility index (Phi) is 4.66. The maximum absolute atomic E-state index is 13.9. The average Bonchev–Trinajstić information content (AvgIpc) is 2.82. The van der Waals surface area contributed by atoms with E-state index in [1.54, 1.807) is 23.1 Å². The highest BCUT2D eigenvalue weighted by Crippen LogP contribution is 2.29. The van der Waals surface area contributed by atoms with E-state index in [0.29, 0.717) is 25.3 Å². The minimum absolute atomic E-state index is 0.0571. The standard InChI is InChI=1S/C18H22FN3O2/c1-12-18(13(2)21(3)20-12)16-11-24-9-8-22(16)17(23)10-14-6-4-5-7-15(14)19/h4-7,16H,8-11H2,1-3H3. The van der Waals surface area contributed by atoms with Crippen LogP contribution in [0.4, 0.5) is 4.39 Å². The molecular weight excluding hydrogens is 309 g/mol. The lowest BCUT2D eigenvalue weighted by molar-refractivity contribution is -0.139. The van der Waals surface area contributed by atoms with Gasteiger partial charge in [0.05, 0.1) is 31.4 Å². The monoisotopic (exact) mass is 331 g/mol. The van der Waals surface area contributed by atoms with Gasteiger partial charge in [-0.05, 0) is 25.5 Å². The van der Waals surface area contributed by atoms with Gasteiger partial charge in [-0.25, -0.2) is 4.39 Å². The van der Waals surface area contributed by atoms with Gasteiger partial charge < -0.3 is 9.64 Å². The molecule has 24 heavy (non-hydrogen) atoms. The van der Waals surface area contributed by atoms with Gasteiger partial charge in [0.1, 0.15) is 5.82 Å². The zero-order chi connectivity index (χ0) is 17.3. The van der Waals surface area contributed by atoms with E-state index in [2.05, 4.69) is 5.10 Å². The number of nitrogens with zero attached hydrogens (tertiary/aromatic N) is 3. The first-order chi connectivity index (χ1) is 11.5. The Morgan fingerprint density at radius 2 is 2.12 bits per heavy atom. The molecule has 0 radical (unpaired) electrons. The van der Waals surface area contributed by atoms with Crippen molar-refractivity contribution in [2.75, 3.05) is 19.8 Å². The van der Waals surface area contributed by atoms with Crippen molar-refractivity contribution in [1.29, 1.82) is 0 Å². The molecule has 1 aliphatic rings. The predicted octanol–water partition coefficient (Wildman–Crippen LogP) is 2.32. The number of morpholine rings is 1. The van der Waals surface area contributed by atoms with Crippen molar-refractivity contribution < 1.29 is 13.9 Å². The van der Waals surface area contributed by atoms with Crippen molar-refractivity contribution in [2.45, 2.75) is 26.3 Å². The van der Waals surface area contributed by atoms with Gasteiger partial charge in [-0.15, -0.1) is 0 Å². The Hall–Kier alpha value is -2.21. The van der Waals surface area contributed by atoms with E-state index in [0.717, 1.165) is 17.0 Å². The molecule has 128 valence electrons. The van der Waals surface area contributed by atoms with E-state index in [1.807, 2.05) is 25.6 Å². The lowest BCUT2D eigenvalue weighted by Crippen LogP contribution is -2.44. The van der Waals surface area contributed by atoms with Gasteiger partial charge in [0.2, 0.25) is 5.91 Å². The summed E-state index contributed by atoms with van der Waals surface area (Å²) in [5.74, 6) is -0.430. The predicted molar refractivity (Wildman–Crippen MR) is 88.1 cm³/mol. The van der Waals surface area contributed by atoms with Gasteiger partial charge in [0.25, 0.3) is 0 Å². The smallest absolute Gasteiger partial charge is 0.227 e. The van der Waals surface area contributed by atoms with Crippen LogP contribution in [0.2, 0.25) is 0 Å². The molecule has 1 unspecified atom stereocenters. The van der Waals surface area contributed by atoms with Gasteiger partial charge in [-0.1, -0.05) is 18.2 Å². The highest BCUT2D eigenvalue weighted by molar-refractivity contribution is 5.79. The lowest BCUT2D eigenvalue weighted by atomic mass is 10.0. The van der Waals surface area contributed by atoms with Crippen LogP contribution in [-0.4, -0.2) is 40.3 Å². The lowest BCUT2D eigenvalue weighted by Gasteiger charge is -2.36. The third kappa shape index (κ3) is 3.06. The number of hydrogen-bond donors (Lipinski definition) is 0. The number of carbonyl (C=O) groups excluding carboxylic acids is 1. The van der Waals surface area contributed by atoms with E-state index in [4.69, 9.17) is 4.74 Å². The van der Waals surface area contributed by atoms with Crippen molar-refractivity contribution in [3.63, 3.8) is 0 Å². The first-order valence-corrected chi connectivity index (χ1v) is 8.09. The number of benzene rings is 1. The molecule has 2 aromatic rings. The third-order valence-corrected chi connectivity index (χ3v) is 4.65. The first kappa shape index (κ1) is 16.6. The number of ether oxygens (including phenoxy) is 1. The molecule has 0 saturated carbocycles. The van der Waals surface area contributed by atoms with Crippen LogP contribution < -0.4 is 0 Å². The van der Waals surface area contributed by atoms with Crippen LogP contribution in [0.5, 0.6) is 0 Å². The van der Waals surface area contributed by atoms with Crippen LogP contribution in [0.15, 0.2) is 24.3 Å². The van der Waals surface area contributed by atoms with Crippen LogP contribution in [0.1, 0.15) is 28.6 Å². The van der Waals surface area contributed by atoms with Gasteiger partial charge in [0.15, 0.2) is 0 Å². The van der Waals surface area contributed by atoms with E-state index in [1.165, 1.54) is 6.07 Å². The number of hydrogen-bond acceptors (Lipinski definition) is 3. The van der Waals surface area contributed by atoms with E-state index in [-0.39, 0.29) is 24.2 Å². The molecule has 3 rings (SSSR count). The zero-order valence-corrected chi connectivity index (χ0v) is 14.3. The Labute approximate surface area is 141 Å². The number of aromatic nitrogens is 2. The fourth-order valence-electron chi connectivity index (χ4n) is 3.32. The molecule has 0 aliphatic carbocycles. The molecular formula is C18H22FN3O2. The Bertz CT molecular complexity index is 757. The zero-order valence-electron chi connectivity index (χ0n) is 14.3. The summed E-state index contributed by atoms with van der Waals surface area (Å²) in [7, 11) is 1.89. The summed E-state index contributed by atoms with van der Waals surface area (Å²) in [5, 5.41) is 4.44. The summed E-state index contributed by atoms with van der Waals surface area (Å²) in [6, 6.07) is 6.24. The summed E-state index contributed by atoms with van der Waals surface area (Å²) in [5.41, 5.74) is 3.37. The Morgan fingerprint density at radius 3 is 2.79 bits per heavy atom. The van der Waals surface area contributed by atoms with Crippen molar-refractivity contribution in [1.82, 2.24) is 14.7 Å². The second-order valence-corrected chi connectivity index (χ2v) is 6.15. The summed E-state index contributed by atoms with van der Waals surface area (Å²) >= 11 is 0. The number of aryl methyl sites for hydroxylation is 2. The molecule has 1 aliphatic heterocycles. The van der Waals surface area contributed by atoms with E-state index < -0.39 is 0 Å². The molecule has 1 atom stereocenters. The molecule has 1 aromatic carbocycles. The van der Waals surface area contributed by atoms with Crippen molar-refractivity contribution in [2.24, 2.45) is 7.05 Å². The number of carbonyl (C=O) groups is 1. The molecule has 2 heterocycles. The second-order valence-electron chi connectivity index (χ2n) is 6.15. The molecule has 5 nitrogen and oxygen atoms in total. The summed E-state index contributed by atoms with van der Waals surface area (Å²) in [6.45, 7) is 5.37.